The highest BCUT2D eigenvalue weighted by molar-refractivity contribution is 5.35. The van der Waals surface area contributed by atoms with Crippen LogP contribution in [0.1, 0.15) is 45.1 Å². The molecule has 0 aromatic heterocycles. The zero-order chi connectivity index (χ0) is 15.7. The van der Waals surface area contributed by atoms with Gasteiger partial charge in [0.05, 0.1) is 0 Å². The summed E-state index contributed by atoms with van der Waals surface area (Å²) in [6, 6.07) is 6.82. The molecule has 3 atom stereocenters. The molecule has 1 aromatic carbocycles. The van der Waals surface area contributed by atoms with Gasteiger partial charge in [-0.05, 0) is 48.4 Å². The highest BCUT2D eigenvalue weighted by Gasteiger charge is 2.50. The van der Waals surface area contributed by atoms with E-state index in [4.69, 9.17) is 0 Å². The van der Waals surface area contributed by atoms with Crippen molar-refractivity contribution >= 4 is 0 Å². The summed E-state index contributed by atoms with van der Waals surface area (Å²) < 4.78 is 41.0. The van der Waals surface area contributed by atoms with E-state index in [1.165, 1.54) is 12.1 Å². The lowest BCUT2D eigenvalue weighted by Crippen LogP contribution is -2.56. The Morgan fingerprint density at radius 2 is 2.05 bits per heavy atom. The van der Waals surface area contributed by atoms with Gasteiger partial charge in [-0.1, -0.05) is 32.9 Å². The third kappa shape index (κ3) is 3.34. The van der Waals surface area contributed by atoms with Crippen LogP contribution in [0.2, 0.25) is 0 Å². The van der Waals surface area contributed by atoms with Crippen molar-refractivity contribution in [3.8, 4) is 5.75 Å². The Bertz CT molecular complexity index is 489. The van der Waals surface area contributed by atoms with Crippen LogP contribution in [0.5, 0.6) is 5.75 Å². The maximum absolute atomic E-state index is 12.3. The zero-order valence-electron chi connectivity index (χ0n) is 12.6. The van der Waals surface area contributed by atoms with Gasteiger partial charge in [0.1, 0.15) is 5.75 Å². The van der Waals surface area contributed by atoms with E-state index in [0.717, 1.165) is 24.9 Å². The predicted octanol–water partition coefficient (Wildman–Crippen LogP) is 4.47. The van der Waals surface area contributed by atoms with Crippen molar-refractivity contribution < 1.29 is 17.9 Å². The first-order valence-electron chi connectivity index (χ1n) is 7.39. The predicted molar refractivity (Wildman–Crippen MR) is 76.3 cm³/mol. The van der Waals surface area contributed by atoms with Gasteiger partial charge < -0.3 is 10.1 Å². The normalized spacial score (nSPS) is 29.0. The van der Waals surface area contributed by atoms with Gasteiger partial charge in [0.15, 0.2) is 0 Å². The summed E-state index contributed by atoms with van der Waals surface area (Å²) >= 11 is 0. The molecule has 2 rings (SSSR count). The van der Waals surface area contributed by atoms with Crippen LogP contribution in [0.25, 0.3) is 0 Å². The van der Waals surface area contributed by atoms with Crippen molar-refractivity contribution in [1.82, 2.24) is 5.32 Å². The molecule has 2 nitrogen and oxygen atoms in total. The first kappa shape index (κ1) is 16.1. The summed E-state index contributed by atoms with van der Waals surface area (Å²) in [6.45, 7) is 7.31. The number of rotatable bonds is 5. The van der Waals surface area contributed by atoms with E-state index >= 15 is 0 Å². The van der Waals surface area contributed by atoms with E-state index in [0.29, 0.717) is 6.04 Å². The molecule has 0 amide bonds. The lowest BCUT2D eigenvalue weighted by molar-refractivity contribution is -0.274. The van der Waals surface area contributed by atoms with E-state index in [-0.39, 0.29) is 17.1 Å². The van der Waals surface area contributed by atoms with E-state index in [9.17, 15) is 13.2 Å². The molecular formula is C16H22F3NO. The quantitative estimate of drug-likeness (QED) is 0.866. The Morgan fingerprint density at radius 3 is 2.62 bits per heavy atom. The number of alkyl halides is 3. The van der Waals surface area contributed by atoms with Crippen LogP contribution in [0.15, 0.2) is 24.3 Å². The van der Waals surface area contributed by atoms with E-state index in [2.05, 4.69) is 30.8 Å². The number of hydrogen-bond acceptors (Lipinski definition) is 2. The fourth-order valence-corrected chi connectivity index (χ4v) is 3.36. The molecule has 5 heteroatoms. The van der Waals surface area contributed by atoms with Gasteiger partial charge in [-0.25, -0.2) is 0 Å². The third-order valence-corrected chi connectivity index (χ3v) is 4.77. The lowest BCUT2D eigenvalue weighted by atomic mass is 9.54. The average Bonchev–Trinajstić information content (AvgIpc) is 2.40. The summed E-state index contributed by atoms with van der Waals surface area (Å²) in [5, 5.41) is 3.46. The summed E-state index contributed by atoms with van der Waals surface area (Å²) in [5.74, 6) is 0.133. The SMILES string of the molecule is CCNC1CC(c2cccc(OC(F)(F)F)c2)C1(C)CC. The van der Waals surface area contributed by atoms with Crippen molar-refractivity contribution in [2.24, 2.45) is 5.41 Å². The maximum Gasteiger partial charge on any atom is 0.573 e. The van der Waals surface area contributed by atoms with Gasteiger partial charge in [0, 0.05) is 6.04 Å². The van der Waals surface area contributed by atoms with Crippen LogP contribution >= 0.6 is 0 Å². The number of halogens is 3. The van der Waals surface area contributed by atoms with Gasteiger partial charge in [0.2, 0.25) is 0 Å². The van der Waals surface area contributed by atoms with Crippen molar-refractivity contribution in [1.29, 1.82) is 0 Å². The van der Waals surface area contributed by atoms with Gasteiger partial charge in [-0.15, -0.1) is 13.2 Å². The Balaban J connectivity index is 2.17. The molecule has 1 fully saturated rings. The number of nitrogens with one attached hydrogen (secondary N) is 1. The zero-order valence-corrected chi connectivity index (χ0v) is 12.6. The van der Waals surface area contributed by atoms with Crippen LogP contribution in [0.4, 0.5) is 13.2 Å². The van der Waals surface area contributed by atoms with Gasteiger partial charge in [0.25, 0.3) is 0 Å². The van der Waals surface area contributed by atoms with Crippen molar-refractivity contribution in [2.75, 3.05) is 6.54 Å². The van der Waals surface area contributed by atoms with Crippen LogP contribution in [-0.2, 0) is 0 Å². The summed E-state index contributed by atoms with van der Waals surface area (Å²) in [6.07, 6.45) is -2.70. The second-order valence-corrected chi connectivity index (χ2v) is 5.88. The number of benzene rings is 1. The lowest BCUT2D eigenvalue weighted by Gasteiger charge is -2.55. The molecule has 0 heterocycles. The molecule has 3 unspecified atom stereocenters. The van der Waals surface area contributed by atoms with Crippen LogP contribution in [0, 0.1) is 5.41 Å². The molecule has 118 valence electrons. The van der Waals surface area contributed by atoms with Gasteiger partial charge in [-0.2, -0.15) is 0 Å². The van der Waals surface area contributed by atoms with E-state index in [1.807, 2.05) is 6.07 Å². The Labute approximate surface area is 123 Å². The van der Waals surface area contributed by atoms with Crippen LogP contribution in [0.3, 0.4) is 0 Å². The fourth-order valence-electron chi connectivity index (χ4n) is 3.36. The summed E-state index contributed by atoms with van der Waals surface area (Å²) in [4.78, 5) is 0. The molecule has 0 radical (unpaired) electrons. The average molecular weight is 301 g/mol. The Kier molecular flexibility index (Phi) is 4.51. The molecule has 1 aliphatic carbocycles. The van der Waals surface area contributed by atoms with Crippen LogP contribution < -0.4 is 10.1 Å². The van der Waals surface area contributed by atoms with Crippen molar-refractivity contribution in [3.05, 3.63) is 29.8 Å². The van der Waals surface area contributed by atoms with E-state index in [1.54, 1.807) is 6.07 Å². The molecule has 1 saturated carbocycles. The minimum Gasteiger partial charge on any atom is -0.406 e. The highest BCUT2D eigenvalue weighted by atomic mass is 19.4. The summed E-state index contributed by atoms with van der Waals surface area (Å²) in [7, 11) is 0. The second-order valence-electron chi connectivity index (χ2n) is 5.88. The monoisotopic (exact) mass is 301 g/mol. The molecular weight excluding hydrogens is 279 g/mol. The molecule has 0 aliphatic heterocycles. The smallest absolute Gasteiger partial charge is 0.406 e. The van der Waals surface area contributed by atoms with Crippen LogP contribution in [-0.4, -0.2) is 18.9 Å². The largest absolute Gasteiger partial charge is 0.573 e. The first-order valence-corrected chi connectivity index (χ1v) is 7.39. The molecule has 0 bridgehead atoms. The minimum absolute atomic E-state index is 0.0763. The number of ether oxygens (including phenoxy) is 1. The first-order chi connectivity index (χ1) is 9.80. The van der Waals surface area contributed by atoms with Crippen molar-refractivity contribution in [2.45, 2.75) is 51.9 Å². The highest BCUT2D eigenvalue weighted by Crippen LogP contribution is 2.55. The molecule has 1 N–H and O–H groups in total. The topological polar surface area (TPSA) is 21.3 Å². The molecule has 0 saturated heterocycles. The third-order valence-electron chi connectivity index (χ3n) is 4.77. The Morgan fingerprint density at radius 1 is 1.33 bits per heavy atom. The standard InChI is InChI=1S/C16H22F3NO/c1-4-15(3)13(10-14(15)20-5-2)11-7-6-8-12(9-11)21-16(17,18)19/h6-9,13-14,20H,4-5,10H2,1-3H3. The van der Waals surface area contributed by atoms with Gasteiger partial charge in [-0.3, -0.25) is 0 Å². The molecule has 1 aliphatic rings. The van der Waals surface area contributed by atoms with Crippen molar-refractivity contribution in [3.63, 3.8) is 0 Å². The minimum atomic E-state index is -4.64. The fraction of sp³-hybridized carbons (Fsp3) is 0.625. The molecule has 1 aromatic rings. The molecule has 21 heavy (non-hydrogen) atoms. The van der Waals surface area contributed by atoms with Gasteiger partial charge >= 0.3 is 6.36 Å². The number of hydrogen-bond donors (Lipinski definition) is 1. The molecule has 0 spiro atoms. The summed E-state index contributed by atoms with van der Waals surface area (Å²) in [5.41, 5.74) is 1.00. The second kappa shape index (κ2) is 5.87. The van der Waals surface area contributed by atoms with E-state index < -0.39 is 6.36 Å². The Hall–Kier alpha value is -1.23. The maximum atomic E-state index is 12.3.